The van der Waals surface area contributed by atoms with Crippen molar-refractivity contribution in [2.75, 3.05) is 0 Å². The van der Waals surface area contributed by atoms with Crippen molar-refractivity contribution in [1.82, 2.24) is 0 Å². The first-order valence-electron chi connectivity index (χ1n) is 5.72. The van der Waals surface area contributed by atoms with Crippen LogP contribution < -0.4 is 0 Å². The lowest BCUT2D eigenvalue weighted by Gasteiger charge is -2.28. The standard InChI is InChI=1S/C14H20O/c1-4-10-14(3,5-2)13-8-6-12(11-15)7-9-13/h6-9,11H,4-5,10H2,1-3H3. The normalized spacial score (nSPS) is 14.6. The van der Waals surface area contributed by atoms with Crippen LogP contribution in [0, 0.1) is 0 Å². The molecule has 0 heterocycles. The number of carbonyl (C=O) groups excluding carboxylic acids is 1. The molecule has 0 saturated carbocycles. The van der Waals surface area contributed by atoms with Gasteiger partial charge in [0.1, 0.15) is 6.29 Å². The van der Waals surface area contributed by atoms with E-state index in [9.17, 15) is 4.79 Å². The summed E-state index contributed by atoms with van der Waals surface area (Å²) in [6, 6.07) is 7.99. The molecule has 1 nitrogen and oxygen atoms in total. The molecule has 0 aliphatic carbocycles. The quantitative estimate of drug-likeness (QED) is 0.663. The van der Waals surface area contributed by atoms with Gasteiger partial charge in [-0.25, -0.2) is 0 Å². The van der Waals surface area contributed by atoms with Crippen molar-refractivity contribution in [2.45, 2.75) is 45.4 Å². The average Bonchev–Trinajstić information content (AvgIpc) is 2.29. The molecule has 0 bridgehead atoms. The van der Waals surface area contributed by atoms with Crippen molar-refractivity contribution in [3.8, 4) is 0 Å². The fourth-order valence-corrected chi connectivity index (χ4v) is 2.04. The summed E-state index contributed by atoms with van der Waals surface area (Å²) in [7, 11) is 0. The van der Waals surface area contributed by atoms with Gasteiger partial charge < -0.3 is 0 Å². The minimum Gasteiger partial charge on any atom is -0.298 e. The monoisotopic (exact) mass is 204 g/mol. The van der Waals surface area contributed by atoms with Crippen molar-refractivity contribution < 1.29 is 4.79 Å². The number of benzene rings is 1. The van der Waals surface area contributed by atoms with E-state index in [1.807, 2.05) is 12.1 Å². The van der Waals surface area contributed by atoms with Crippen molar-refractivity contribution in [3.63, 3.8) is 0 Å². The zero-order valence-electron chi connectivity index (χ0n) is 9.92. The van der Waals surface area contributed by atoms with Gasteiger partial charge in [-0.1, -0.05) is 51.5 Å². The van der Waals surface area contributed by atoms with E-state index in [4.69, 9.17) is 0 Å². The van der Waals surface area contributed by atoms with Gasteiger partial charge in [0, 0.05) is 5.56 Å². The van der Waals surface area contributed by atoms with Gasteiger partial charge >= 0.3 is 0 Å². The van der Waals surface area contributed by atoms with Crippen LogP contribution in [0.5, 0.6) is 0 Å². The second kappa shape index (κ2) is 5.11. The molecule has 1 atom stereocenters. The van der Waals surface area contributed by atoms with E-state index in [2.05, 4.69) is 32.9 Å². The van der Waals surface area contributed by atoms with E-state index >= 15 is 0 Å². The van der Waals surface area contributed by atoms with Crippen LogP contribution in [0.2, 0.25) is 0 Å². The minimum atomic E-state index is 0.260. The van der Waals surface area contributed by atoms with Gasteiger partial charge in [0.15, 0.2) is 0 Å². The Hall–Kier alpha value is -1.11. The molecule has 0 aromatic heterocycles. The van der Waals surface area contributed by atoms with Gasteiger partial charge in [0.05, 0.1) is 0 Å². The van der Waals surface area contributed by atoms with Crippen LogP contribution in [0.3, 0.4) is 0 Å². The van der Waals surface area contributed by atoms with Crippen LogP contribution in [-0.4, -0.2) is 6.29 Å². The van der Waals surface area contributed by atoms with Gasteiger partial charge in [-0.05, 0) is 23.8 Å². The molecule has 82 valence electrons. The number of rotatable bonds is 5. The molecule has 0 N–H and O–H groups in total. The molecule has 1 aromatic rings. The van der Waals surface area contributed by atoms with Gasteiger partial charge in [-0.2, -0.15) is 0 Å². The molecule has 0 fully saturated rings. The van der Waals surface area contributed by atoms with Crippen LogP contribution >= 0.6 is 0 Å². The number of aldehydes is 1. The lowest BCUT2D eigenvalue weighted by atomic mass is 9.76. The van der Waals surface area contributed by atoms with Gasteiger partial charge in [0.25, 0.3) is 0 Å². The molecule has 1 unspecified atom stereocenters. The summed E-state index contributed by atoms with van der Waals surface area (Å²) in [6.07, 6.45) is 4.43. The second-order valence-corrected chi connectivity index (χ2v) is 4.40. The Labute approximate surface area is 92.5 Å². The minimum absolute atomic E-state index is 0.260. The summed E-state index contributed by atoms with van der Waals surface area (Å²) >= 11 is 0. The first kappa shape index (κ1) is 12.0. The molecule has 1 aromatic carbocycles. The molecule has 15 heavy (non-hydrogen) atoms. The highest BCUT2D eigenvalue weighted by atomic mass is 16.1. The number of hydrogen-bond donors (Lipinski definition) is 0. The highest BCUT2D eigenvalue weighted by Gasteiger charge is 2.22. The Kier molecular flexibility index (Phi) is 4.07. The third kappa shape index (κ3) is 2.68. The van der Waals surface area contributed by atoms with E-state index in [1.165, 1.54) is 18.4 Å². The highest BCUT2D eigenvalue weighted by molar-refractivity contribution is 5.74. The zero-order valence-corrected chi connectivity index (χ0v) is 9.92. The molecule has 0 spiro atoms. The summed E-state index contributed by atoms with van der Waals surface area (Å²) < 4.78 is 0. The molecule has 0 aliphatic rings. The Morgan fingerprint density at radius 3 is 2.20 bits per heavy atom. The largest absolute Gasteiger partial charge is 0.298 e. The molecule has 0 amide bonds. The Morgan fingerprint density at radius 2 is 1.80 bits per heavy atom. The fourth-order valence-electron chi connectivity index (χ4n) is 2.04. The predicted octanol–water partition coefficient (Wildman–Crippen LogP) is 3.97. The van der Waals surface area contributed by atoms with E-state index in [1.54, 1.807) is 0 Å². The SMILES string of the molecule is CCCC(C)(CC)c1ccc(C=O)cc1. The van der Waals surface area contributed by atoms with Crippen LogP contribution in [-0.2, 0) is 5.41 Å². The molecular weight excluding hydrogens is 184 g/mol. The molecule has 0 aliphatic heterocycles. The fraction of sp³-hybridized carbons (Fsp3) is 0.500. The Balaban J connectivity index is 2.96. The summed E-state index contributed by atoms with van der Waals surface area (Å²) in [5, 5.41) is 0. The van der Waals surface area contributed by atoms with E-state index in [0.29, 0.717) is 0 Å². The van der Waals surface area contributed by atoms with Crippen LogP contribution in [0.4, 0.5) is 0 Å². The number of hydrogen-bond acceptors (Lipinski definition) is 1. The molecule has 1 heteroatoms. The summed E-state index contributed by atoms with van der Waals surface area (Å²) in [4.78, 5) is 10.6. The lowest BCUT2D eigenvalue weighted by molar-refractivity contribution is 0.112. The van der Waals surface area contributed by atoms with E-state index in [-0.39, 0.29) is 5.41 Å². The maximum Gasteiger partial charge on any atom is 0.150 e. The van der Waals surface area contributed by atoms with Crippen LogP contribution in [0.15, 0.2) is 24.3 Å². The zero-order chi connectivity index (χ0) is 11.3. The van der Waals surface area contributed by atoms with Gasteiger partial charge in [-0.15, -0.1) is 0 Å². The summed E-state index contributed by atoms with van der Waals surface area (Å²) in [6.45, 7) is 6.74. The molecule has 0 saturated heterocycles. The summed E-state index contributed by atoms with van der Waals surface area (Å²) in [5.74, 6) is 0. The third-order valence-electron chi connectivity index (χ3n) is 3.33. The number of carbonyl (C=O) groups is 1. The maximum atomic E-state index is 10.6. The molecule has 1 rings (SSSR count). The smallest absolute Gasteiger partial charge is 0.150 e. The lowest BCUT2D eigenvalue weighted by Crippen LogP contribution is -2.20. The van der Waals surface area contributed by atoms with Gasteiger partial charge in [0.2, 0.25) is 0 Å². The maximum absolute atomic E-state index is 10.6. The van der Waals surface area contributed by atoms with Crippen LogP contribution in [0.1, 0.15) is 56.0 Å². The highest BCUT2D eigenvalue weighted by Crippen LogP contribution is 2.32. The van der Waals surface area contributed by atoms with Crippen LogP contribution in [0.25, 0.3) is 0 Å². The molecule has 0 radical (unpaired) electrons. The second-order valence-electron chi connectivity index (χ2n) is 4.40. The Morgan fingerprint density at radius 1 is 1.20 bits per heavy atom. The summed E-state index contributed by atoms with van der Waals surface area (Å²) in [5.41, 5.74) is 2.36. The van der Waals surface area contributed by atoms with Gasteiger partial charge in [-0.3, -0.25) is 4.79 Å². The topological polar surface area (TPSA) is 17.1 Å². The first-order valence-corrected chi connectivity index (χ1v) is 5.72. The average molecular weight is 204 g/mol. The Bertz CT molecular complexity index is 313. The van der Waals surface area contributed by atoms with Crippen molar-refractivity contribution in [1.29, 1.82) is 0 Å². The third-order valence-corrected chi connectivity index (χ3v) is 3.33. The predicted molar refractivity (Wildman–Crippen MR) is 64.4 cm³/mol. The van der Waals surface area contributed by atoms with E-state index in [0.717, 1.165) is 18.3 Å². The van der Waals surface area contributed by atoms with Crippen molar-refractivity contribution >= 4 is 6.29 Å². The first-order chi connectivity index (χ1) is 7.16. The molecular formula is C14H20O. The van der Waals surface area contributed by atoms with E-state index < -0.39 is 0 Å². The van der Waals surface area contributed by atoms with Crippen molar-refractivity contribution in [3.05, 3.63) is 35.4 Å². The van der Waals surface area contributed by atoms with Crippen molar-refractivity contribution in [2.24, 2.45) is 0 Å².